The van der Waals surface area contributed by atoms with Crippen molar-refractivity contribution in [2.75, 3.05) is 5.73 Å². The molecule has 2 N–H and O–H groups in total. The predicted octanol–water partition coefficient (Wildman–Crippen LogP) is 2.70. The third-order valence-corrected chi connectivity index (χ3v) is 3.61. The van der Waals surface area contributed by atoms with Crippen LogP contribution in [0, 0.1) is 6.92 Å². The third kappa shape index (κ3) is 2.43. The fourth-order valence-corrected chi connectivity index (χ4v) is 2.57. The average molecular weight is 254 g/mol. The molecule has 0 saturated carbocycles. The number of hydrogen-bond donors (Lipinski definition) is 1. The fourth-order valence-electron chi connectivity index (χ4n) is 2.57. The Balaban J connectivity index is 2.09. The number of aryl methyl sites for hydroxylation is 2. The maximum Gasteiger partial charge on any atom is 0.180 e. The molecule has 0 atom stereocenters. The molecule has 3 rings (SSSR count). The van der Waals surface area contributed by atoms with Crippen molar-refractivity contribution < 1.29 is 0 Å². The lowest BCUT2D eigenvalue weighted by Crippen LogP contribution is -2.07. The van der Waals surface area contributed by atoms with E-state index in [9.17, 15) is 0 Å². The van der Waals surface area contributed by atoms with Crippen molar-refractivity contribution >= 4 is 5.82 Å². The number of fused-ring (bicyclic) bond motifs is 1. The Kier molecular flexibility index (Phi) is 3.15. The average Bonchev–Trinajstić information content (AvgIpc) is 2.64. The zero-order chi connectivity index (χ0) is 13.2. The number of pyridine rings is 1. The van der Waals surface area contributed by atoms with E-state index in [0.29, 0.717) is 11.6 Å². The van der Waals surface area contributed by atoms with Crippen LogP contribution >= 0.6 is 0 Å². The Morgan fingerprint density at radius 3 is 2.79 bits per heavy atom. The largest absolute Gasteiger partial charge is 0.383 e. The molecule has 2 aromatic rings. The molecular weight excluding hydrogens is 236 g/mol. The molecule has 2 aromatic heterocycles. The Morgan fingerprint density at radius 2 is 1.95 bits per heavy atom. The third-order valence-electron chi connectivity index (χ3n) is 3.61. The maximum atomic E-state index is 6.11. The smallest absolute Gasteiger partial charge is 0.180 e. The van der Waals surface area contributed by atoms with Crippen LogP contribution in [0.2, 0.25) is 0 Å². The highest BCUT2D eigenvalue weighted by Gasteiger charge is 2.16. The minimum atomic E-state index is 0.630. The summed E-state index contributed by atoms with van der Waals surface area (Å²) in [5.74, 6) is 1.28. The second-order valence-electron chi connectivity index (χ2n) is 5.14. The first-order chi connectivity index (χ1) is 9.24. The van der Waals surface area contributed by atoms with Crippen LogP contribution in [0.3, 0.4) is 0 Å². The van der Waals surface area contributed by atoms with Gasteiger partial charge in [-0.15, -0.1) is 0 Å². The quantitative estimate of drug-likeness (QED) is 0.795. The molecule has 98 valence electrons. The molecule has 0 unspecified atom stereocenters. The molecule has 0 fully saturated rings. The molecule has 0 amide bonds. The molecule has 19 heavy (non-hydrogen) atoms. The molecule has 0 radical (unpaired) electrons. The summed E-state index contributed by atoms with van der Waals surface area (Å²) < 4.78 is 0. The van der Waals surface area contributed by atoms with Crippen LogP contribution in [0.25, 0.3) is 11.5 Å². The van der Waals surface area contributed by atoms with Gasteiger partial charge in [-0.25, -0.2) is 9.97 Å². The first-order valence-corrected chi connectivity index (χ1v) is 6.82. The highest BCUT2D eigenvalue weighted by Crippen LogP contribution is 2.25. The zero-order valence-corrected chi connectivity index (χ0v) is 11.2. The number of hydrogen-bond acceptors (Lipinski definition) is 4. The van der Waals surface area contributed by atoms with Gasteiger partial charge in [0, 0.05) is 17.5 Å². The monoisotopic (exact) mass is 254 g/mol. The van der Waals surface area contributed by atoms with Gasteiger partial charge in [0.25, 0.3) is 0 Å². The molecule has 1 aliphatic rings. The molecule has 2 heterocycles. The number of rotatable bonds is 1. The zero-order valence-electron chi connectivity index (χ0n) is 11.2. The molecule has 1 aliphatic carbocycles. The van der Waals surface area contributed by atoms with Crippen LogP contribution in [0.4, 0.5) is 5.82 Å². The van der Waals surface area contributed by atoms with Gasteiger partial charge < -0.3 is 5.73 Å². The van der Waals surface area contributed by atoms with E-state index in [0.717, 1.165) is 35.4 Å². The number of nitrogen functional groups attached to an aromatic ring is 1. The lowest BCUT2D eigenvalue weighted by molar-refractivity contribution is 0.709. The molecule has 0 aliphatic heterocycles. The summed E-state index contributed by atoms with van der Waals surface area (Å²) >= 11 is 0. The van der Waals surface area contributed by atoms with Gasteiger partial charge in [0.15, 0.2) is 5.82 Å². The summed E-state index contributed by atoms with van der Waals surface area (Å²) in [7, 11) is 0. The van der Waals surface area contributed by atoms with Gasteiger partial charge >= 0.3 is 0 Å². The van der Waals surface area contributed by atoms with E-state index in [-0.39, 0.29) is 0 Å². The molecule has 0 bridgehead atoms. The van der Waals surface area contributed by atoms with Crippen molar-refractivity contribution in [2.24, 2.45) is 0 Å². The van der Waals surface area contributed by atoms with Crippen LogP contribution in [-0.4, -0.2) is 15.0 Å². The molecule has 0 aromatic carbocycles. The van der Waals surface area contributed by atoms with Gasteiger partial charge in [-0.05, 0) is 50.3 Å². The van der Waals surface area contributed by atoms with E-state index in [2.05, 4.69) is 9.97 Å². The van der Waals surface area contributed by atoms with Gasteiger partial charge in [0.2, 0.25) is 0 Å². The van der Waals surface area contributed by atoms with E-state index in [1.165, 1.54) is 19.3 Å². The van der Waals surface area contributed by atoms with Crippen molar-refractivity contribution in [3.8, 4) is 11.5 Å². The molecular formula is C15H18N4. The highest BCUT2D eigenvalue weighted by atomic mass is 15.0. The van der Waals surface area contributed by atoms with Gasteiger partial charge in [-0.3, -0.25) is 4.98 Å². The van der Waals surface area contributed by atoms with Crippen LogP contribution < -0.4 is 5.73 Å². The standard InChI is InChI=1S/C15H18N4/c1-10-7-8-17-13(9-10)15-18-12-6-4-2-3-5-11(12)14(16)19-15/h7-9H,2-6H2,1H3,(H2,16,18,19). The minimum Gasteiger partial charge on any atom is -0.383 e. The summed E-state index contributed by atoms with van der Waals surface area (Å²) in [6.07, 6.45) is 7.40. The topological polar surface area (TPSA) is 64.7 Å². The van der Waals surface area contributed by atoms with E-state index in [1.807, 2.05) is 19.1 Å². The van der Waals surface area contributed by atoms with Crippen LogP contribution in [-0.2, 0) is 12.8 Å². The molecule has 4 heteroatoms. The first-order valence-electron chi connectivity index (χ1n) is 6.82. The van der Waals surface area contributed by atoms with Crippen molar-refractivity contribution in [3.63, 3.8) is 0 Å². The van der Waals surface area contributed by atoms with E-state index >= 15 is 0 Å². The van der Waals surface area contributed by atoms with Gasteiger partial charge in [0.05, 0.1) is 0 Å². The maximum absolute atomic E-state index is 6.11. The summed E-state index contributed by atoms with van der Waals surface area (Å²) in [6, 6.07) is 3.97. The fraction of sp³-hybridized carbons (Fsp3) is 0.400. The number of anilines is 1. The van der Waals surface area contributed by atoms with Crippen molar-refractivity contribution in [1.29, 1.82) is 0 Å². The second-order valence-corrected chi connectivity index (χ2v) is 5.14. The predicted molar refractivity (Wildman–Crippen MR) is 75.7 cm³/mol. The highest BCUT2D eigenvalue weighted by molar-refractivity contribution is 5.56. The number of nitrogens with two attached hydrogens (primary N) is 1. The van der Waals surface area contributed by atoms with Gasteiger partial charge in [0.1, 0.15) is 11.5 Å². The van der Waals surface area contributed by atoms with E-state index < -0.39 is 0 Å². The molecule has 4 nitrogen and oxygen atoms in total. The second kappa shape index (κ2) is 4.96. The van der Waals surface area contributed by atoms with Crippen molar-refractivity contribution in [1.82, 2.24) is 15.0 Å². The van der Waals surface area contributed by atoms with Crippen molar-refractivity contribution in [3.05, 3.63) is 35.2 Å². The summed E-state index contributed by atoms with van der Waals surface area (Å²) in [5, 5.41) is 0. The Hall–Kier alpha value is -1.97. The summed E-state index contributed by atoms with van der Waals surface area (Å²) in [4.78, 5) is 13.5. The van der Waals surface area contributed by atoms with E-state index in [4.69, 9.17) is 10.7 Å². The van der Waals surface area contributed by atoms with E-state index in [1.54, 1.807) is 6.20 Å². The van der Waals surface area contributed by atoms with Gasteiger partial charge in [-0.2, -0.15) is 0 Å². The number of aromatic nitrogens is 3. The van der Waals surface area contributed by atoms with Crippen molar-refractivity contribution in [2.45, 2.75) is 39.0 Å². The van der Waals surface area contributed by atoms with Crippen LogP contribution in [0.15, 0.2) is 18.3 Å². The Bertz CT molecular complexity index is 607. The van der Waals surface area contributed by atoms with Crippen LogP contribution in [0.5, 0.6) is 0 Å². The summed E-state index contributed by atoms with van der Waals surface area (Å²) in [6.45, 7) is 2.04. The minimum absolute atomic E-state index is 0.630. The lowest BCUT2D eigenvalue weighted by atomic mass is 10.1. The molecule has 0 spiro atoms. The Labute approximate surface area is 113 Å². The summed E-state index contributed by atoms with van der Waals surface area (Å²) in [5.41, 5.74) is 10.3. The van der Waals surface area contributed by atoms with Gasteiger partial charge in [-0.1, -0.05) is 6.42 Å². The lowest BCUT2D eigenvalue weighted by Gasteiger charge is -2.10. The SMILES string of the molecule is Cc1ccnc(-c2nc(N)c3c(n2)CCCCC3)c1. The number of nitrogens with zero attached hydrogens (tertiary/aromatic N) is 3. The van der Waals surface area contributed by atoms with Crippen LogP contribution in [0.1, 0.15) is 36.1 Å². The first kappa shape index (κ1) is 12.1. The molecule has 0 saturated heterocycles. The Morgan fingerprint density at radius 1 is 1.11 bits per heavy atom. The normalized spacial score (nSPS) is 14.8.